The van der Waals surface area contributed by atoms with Crippen molar-refractivity contribution in [2.75, 3.05) is 55.5 Å². The molecule has 2 aliphatic rings. The van der Waals surface area contributed by atoms with Gasteiger partial charge in [-0.25, -0.2) is 18.4 Å². The topological polar surface area (TPSA) is 98.7 Å². The number of aliphatic hydroxyl groups excluding tert-OH is 1. The molecule has 0 bridgehead atoms. The number of rotatable bonds is 6. The van der Waals surface area contributed by atoms with Crippen LogP contribution in [-0.2, 0) is 9.84 Å². The van der Waals surface area contributed by atoms with Crippen molar-refractivity contribution in [2.24, 2.45) is 5.41 Å². The predicted molar refractivity (Wildman–Crippen MR) is 107 cm³/mol. The van der Waals surface area contributed by atoms with E-state index in [1.807, 2.05) is 20.2 Å². The quantitative estimate of drug-likeness (QED) is 0.720. The Balaban J connectivity index is 1.65. The maximum Gasteiger partial charge on any atom is 0.150 e. The first-order chi connectivity index (χ1) is 12.7. The molecule has 9 heteroatoms. The molecule has 2 aliphatic heterocycles. The predicted octanol–water partition coefficient (Wildman–Crippen LogP) is 0.605. The summed E-state index contributed by atoms with van der Waals surface area (Å²) in [5, 5.41) is 13.5. The van der Waals surface area contributed by atoms with Crippen molar-refractivity contribution in [3.63, 3.8) is 0 Å². The summed E-state index contributed by atoms with van der Waals surface area (Å²) < 4.78 is 23.3. The summed E-state index contributed by atoms with van der Waals surface area (Å²) in [6, 6.07) is 2.14. The van der Waals surface area contributed by atoms with Crippen molar-refractivity contribution in [1.29, 1.82) is 0 Å². The maximum atomic E-state index is 11.7. The molecular weight excluding hydrogens is 366 g/mol. The summed E-state index contributed by atoms with van der Waals surface area (Å²) >= 11 is 0. The third kappa shape index (κ3) is 5.30. The van der Waals surface area contributed by atoms with E-state index in [2.05, 4.69) is 32.0 Å². The normalized spacial score (nSPS) is 27.1. The van der Waals surface area contributed by atoms with Crippen molar-refractivity contribution in [3.8, 4) is 0 Å². The first-order valence-electron chi connectivity index (χ1n) is 9.52. The molecule has 3 heterocycles. The number of aliphatic hydroxyl groups is 1. The van der Waals surface area contributed by atoms with Gasteiger partial charge in [0, 0.05) is 31.7 Å². The van der Waals surface area contributed by atoms with Gasteiger partial charge in [0.15, 0.2) is 0 Å². The minimum Gasteiger partial charge on any atom is -0.391 e. The molecular formula is C18H31N5O3S. The van der Waals surface area contributed by atoms with Crippen molar-refractivity contribution in [3.05, 3.63) is 12.4 Å². The average Bonchev–Trinajstić information content (AvgIpc) is 2.96. The second-order valence-electron chi connectivity index (χ2n) is 8.54. The number of likely N-dealkylation sites (N-methyl/N-ethyl adjacent to an activating group) is 1. The van der Waals surface area contributed by atoms with Crippen molar-refractivity contribution >= 4 is 21.5 Å². The number of sulfone groups is 1. The second kappa shape index (κ2) is 7.89. The van der Waals surface area contributed by atoms with Gasteiger partial charge in [0.05, 0.1) is 17.6 Å². The summed E-state index contributed by atoms with van der Waals surface area (Å²) in [7, 11) is 1.19. The molecule has 2 fully saturated rings. The Bertz CT molecular complexity index is 741. The van der Waals surface area contributed by atoms with Crippen LogP contribution in [0.15, 0.2) is 12.4 Å². The van der Waals surface area contributed by atoms with Gasteiger partial charge >= 0.3 is 0 Å². The van der Waals surface area contributed by atoms with E-state index in [4.69, 9.17) is 0 Å². The molecule has 0 amide bonds. The van der Waals surface area contributed by atoms with E-state index in [1.54, 1.807) is 6.33 Å². The van der Waals surface area contributed by atoms with Crippen LogP contribution in [0.5, 0.6) is 0 Å². The number of hydrogen-bond donors (Lipinski definition) is 2. The molecule has 0 saturated carbocycles. The van der Waals surface area contributed by atoms with Crippen molar-refractivity contribution < 1.29 is 13.5 Å². The van der Waals surface area contributed by atoms with Crippen LogP contribution in [0.1, 0.15) is 26.2 Å². The van der Waals surface area contributed by atoms with Crippen molar-refractivity contribution in [1.82, 2.24) is 14.9 Å². The third-order valence-corrected chi connectivity index (χ3v) is 7.30. The number of nitrogens with one attached hydrogen (secondary N) is 1. The lowest BCUT2D eigenvalue weighted by molar-refractivity contribution is 0.191. The molecule has 0 aromatic carbocycles. The zero-order chi connectivity index (χ0) is 19.7. The van der Waals surface area contributed by atoms with Crippen molar-refractivity contribution in [2.45, 2.75) is 38.3 Å². The first-order valence-corrected chi connectivity index (χ1v) is 11.3. The monoisotopic (exact) mass is 397 g/mol. The van der Waals surface area contributed by atoms with Gasteiger partial charge in [-0.05, 0) is 38.8 Å². The number of aromatic nitrogens is 2. The lowest BCUT2D eigenvalue weighted by Crippen LogP contribution is -2.38. The standard InChI is InChI=1S/C18H31N5O3S/c1-18(4-6-27(25,26)7-5-18)12-19-16-9-17(21-13-20-16)23-11-15(24)8-14(23)10-22(2)3/h9,13-15,24H,4-8,10-12H2,1-3H3,(H,19,20,21)/t14-,15-/m1/s1. The fourth-order valence-electron chi connectivity index (χ4n) is 3.88. The Morgan fingerprint density at radius 2 is 2.04 bits per heavy atom. The summed E-state index contributed by atoms with van der Waals surface area (Å²) in [5.74, 6) is 2.07. The maximum absolute atomic E-state index is 11.7. The highest BCUT2D eigenvalue weighted by Gasteiger charge is 2.34. The van der Waals surface area contributed by atoms with E-state index >= 15 is 0 Å². The summed E-state index contributed by atoms with van der Waals surface area (Å²) in [6.07, 6.45) is 3.28. The van der Waals surface area contributed by atoms with Gasteiger partial charge in [0.2, 0.25) is 0 Å². The number of anilines is 2. The van der Waals surface area contributed by atoms with Gasteiger partial charge in [-0.2, -0.15) is 0 Å². The van der Waals surface area contributed by atoms with Crippen LogP contribution in [0.25, 0.3) is 0 Å². The number of nitrogens with zero attached hydrogens (tertiary/aromatic N) is 4. The SMILES string of the molecule is CN(C)C[C@H]1C[C@@H](O)CN1c1cc(NCC2(C)CCS(=O)(=O)CC2)ncn1. The van der Waals surface area contributed by atoms with E-state index in [1.165, 1.54) is 0 Å². The molecule has 27 heavy (non-hydrogen) atoms. The second-order valence-corrected chi connectivity index (χ2v) is 10.8. The van der Waals surface area contributed by atoms with Crippen LogP contribution in [-0.4, -0.2) is 85.8 Å². The lowest BCUT2D eigenvalue weighted by atomic mass is 9.84. The molecule has 2 atom stereocenters. The summed E-state index contributed by atoms with van der Waals surface area (Å²) in [6.45, 7) is 4.24. The van der Waals surface area contributed by atoms with E-state index < -0.39 is 9.84 Å². The van der Waals surface area contributed by atoms with Crippen LogP contribution >= 0.6 is 0 Å². The highest BCUT2D eigenvalue weighted by atomic mass is 32.2. The van der Waals surface area contributed by atoms with Gasteiger partial charge in [0.25, 0.3) is 0 Å². The molecule has 152 valence electrons. The molecule has 0 radical (unpaired) electrons. The van der Waals surface area contributed by atoms with Gasteiger partial charge in [0.1, 0.15) is 27.8 Å². The summed E-state index contributed by atoms with van der Waals surface area (Å²) in [4.78, 5) is 13.0. The van der Waals surface area contributed by atoms with E-state index in [-0.39, 0.29) is 29.1 Å². The smallest absolute Gasteiger partial charge is 0.150 e. The fraction of sp³-hybridized carbons (Fsp3) is 0.778. The average molecular weight is 398 g/mol. The molecule has 1 aromatic heterocycles. The van der Waals surface area contributed by atoms with Crippen LogP contribution < -0.4 is 10.2 Å². The fourth-order valence-corrected chi connectivity index (χ4v) is 5.69. The Morgan fingerprint density at radius 1 is 1.33 bits per heavy atom. The Hall–Kier alpha value is -1.45. The largest absolute Gasteiger partial charge is 0.391 e. The van der Waals surface area contributed by atoms with Gasteiger partial charge in [-0.1, -0.05) is 6.92 Å². The van der Waals surface area contributed by atoms with Crippen LogP contribution in [0.4, 0.5) is 11.6 Å². The number of β-amino-alcohol motifs (C(OH)–C–C–N with tert-alkyl or cyclic N) is 1. The van der Waals surface area contributed by atoms with E-state index in [0.29, 0.717) is 25.9 Å². The van der Waals surface area contributed by atoms with E-state index in [9.17, 15) is 13.5 Å². The summed E-state index contributed by atoms with van der Waals surface area (Å²) in [5.41, 5.74) is -0.0479. The third-order valence-electron chi connectivity index (χ3n) is 5.64. The molecule has 2 saturated heterocycles. The highest BCUT2D eigenvalue weighted by Crippen LogP contribution is 2.32. The minimum atomic E-state index is -2.86. The Labute approximate surface area is 161 Å². The van der Waals surface area contributed by atoms with Gasteiger partial charge in [-0.3, -0.25) is 0 Å². The van der Waals surface area contributed by atoms with Crippen LogP contribution in [0, 0.1) is 5.41 Å². The lowest BCUT2D eigenvalue weighted by Gasteiger charge is -2.33. The van der Waals surface area contributed by atoms with E-state index in [0.717, 1.165) is 24.6 Å². The zero-order valence-corrected chi connectivity index (χ0v) is 17.2. The molecule has 1 aromatic rings. The van der Waals surface area contributed by atoms with Crippen LogP contribution in [0.3, 0.4) is 0 Å². The van der Waals surface area contributed by atoms with Gasteiger partial charge in [-0.15, -0.1) is 0 Å². The molecule has 0 aliphatic carbocycles. The minimum absolute atomic E-state index is 0.0479. The Morgan fingerprint density at radius 3 is 2.70 bits per heavy atom. The zero-order valence-electron chi connectivity index (χ0n) is 16.4. The first kappa shape index (κ1) is 20.3. The Kier molecular flexibility index (Phi) is 5.93. The molecule has 2 N–H and O–H groups in total. The molecule has 0 unspecified atom stereocenters. The highest BCUT2D eigenvalue weighted by molar-refractivity contribution is 7.91. The number of hydrogen-bond acceptors (Lipinski definition) is 8. The molecule has 3 rings (SSSR count). The molecule has 8 nitrogen and oxygen atoms in total. The van der Waals surface area contributed by atoms with Gasteiger partial charge < -0.3 is 20.2 Å². The molecule has 0 spiro atoms. The van der Waals surface area contributed by atoms with Crippen LogP contribution in [0.2, 0.25) is 0 Å².